The van der Waals surface area contributed by atoms with Crippen molar-refractivity contribution in [2.24, 2.45) is 0 Å². The number of β-lactam (4-membered cyclic amide) rings is 1. The van der Waals surface area contributed by atoms with Gasteiger partial charge in [-0.25, -0.2) is 4.79 Å². The number of thioether (sulfide) groups is 1. The molecule has 3 atom stereocenters. The van der Waals surface area contributed by atoms with Gasteiger partial charge in [0.15, 0.2) is 18.1 Å². The van der Waals surface area contributed by atoms with Crippen LogP contribution in [-0.4, -0.2) is 45.2 Å². The number of carbonyl (C=O) groups excluding carboxylic acids is 5. The van der Waals surface area contributed by atoms with Crippen molar-refractivity contribution in [3.63, 3.8) is 0 Å². The van der Waals surface area contributed by atoms with Gasteiger partial charge in [-0.1, -0.05) is 163 Å². The molecule has 0 spiro atoms. The van der Waals surface area contributed by atoms with E-state index in [0.29, 0.717) is 27.8 Å². The van der Waals surface area contributed by atoms with Gasteiger partial charge in [-0.05, 0) is 34.7 Å². The lowest BCUT2D eigenvalue weighted by Crippen LogP contribution is -2.71. The minimum atomic E-state index is -1.45. The van der Waals surface area contributed by atoms with Crippen LogP contribution in [0.15, 0.2) is 163 Å². The molecular weight excluding hydrogens is 689 g/mol. The minimum Gasteiger partial charge on any atom is -0.452 e. The molecule has 1 N–H and O–H groups in total. The average Bonchev–Trinajstić information content (AvgIpc) is 3.20. The molecule has 1 saturated heterocycles. The van der Waals surface area contributed by atoms with Crippen molar-refractivity contribution in [2.75, 3.05) is 0 Å². The van der Waals surface area contributed by atoms with E-state index in [1.54, 1.807) is 30.3 Å². The highest BCUT2D eigenvalue weighted by Gasteiger charge is 2.57. The summed E-state index contributed by atoms with van der Waals surface area (Å²) in [5.74, 6) is -4.52. The number of fused-ring (bicyclic) bond motifs is 1. The van der Waals surface area contributed by atoms with Crippen molar-refractivity contribution in [3.05, 3.63) is 191 Å². The number of nitrogens with zero attached hydrogens (tertiary/aromatic N) is 1. The van der Waals surface area contributed by atoms with Gasteiger partial charge in [0.05, 0.1) is 0 Å². The fourth-order valence-electron chi connectivity index (χ4n) is 6.47. The molecule has 264 valence electrons. The van der Waals surface area contributed by atoms with Crippen LogP contribution in [0.5, 0.6) is 0 Å². The molecule has 2 heterocycles. The normalized spacial score (nSPS) is 17.2. The summed E-state index contributed by atoms with van der Waals surface area (Å²) in [6, 6.07) is 43.9. The Bertz CT molecular complexity index is 2080. The number of hydrogen-bond donors (Lipinski definition) is 1. The average molecular weight is 723 g/mol. The zero-order valence-electron chi connectivity index (χ0n) is 28.5. The first-order chi connectivity index (χ1) is 25.8. The van der Waals surface area contributed by atoms with Crippen molar-refractivity contribution in [3.8, 4) is 0 Å². The first kappa shape index (κ1) is 35.2. The summed E-state index contributed by atoms with van der Waals surface area (Å²) in [6.07, 6.45) is -1.62. The molecule has 10 heteroatoms. The van der Waals surface area contributed by atoms with Crippen LogP contribution in [0.3, 0.4) is 0 Å². The maximum Gasteiger partial charge on any atom is 0.356 e. The van der Waals surface area contributed by atoms with Crippen LogP contribution >= 0.6 is 11.8 Å². The Balaban J connectivity index is 1.13. The Morgan fingerprint density at radius 1 is 0.604 bits per heavy atom. The molecule has 2 aliphatic rings. The van der Waals surface area contributed by atoms with Crippen LogP contribution in [0.1, 0.15) is 52.9 Å². The Morgan fingerprint density at radius 3 is 1.43 bits per heavy atom. The summed E-state index contributed by atoms with van der Waals surface area (Å²) in [4.78, 5) is 70.4. The minimum absolute atomic E-state index is 0.0628. The monoisotopic (exact) mass is 722 g/mol. The summed E-state index contributed by atoms with van der Waals surface area (Å²) < 4.78 is 12.1. The van der Waals surface area contributed by atoms with Crippen LogP contribution in [0.4, 0.5) is 0 Å². The molecule has 2 unspecified atom stereocenters. The second-order valence-electron chi connectivity index (χ2n) is 12.6. The van der Waals surface area contributed by atoms with Crippen molar-refractivity contribution in [1.82, 2.24) is 10.2 Å². The van der Waals surface area contributed by atoms with Crippen LogP contribution in [-0.2, 0) is 33.4 Å². The zero-order chi connectivity index (χ0) is 36.9. The van der Waals surface area contributed by atoms with Gasteiger partial charge in [0.1, 0.15) is 17.1 Å². The molecule has 7 rings (SSSR count). The number of ether oxygens (including phenoxy) is 2. The molecule has 2 aliphatic heterocycles. The Morgan fingerprint density at radius 2 is 1.00 bits per heavy atom. The fourth-order valence-corrected chi connectivity index (χ4v) is 7.60. The molecular formula is C43H34N2O7S. The van der Waals surface area contributed by atoms with E-state index in [4.69, 9.17) is 9.47 Å². The van der Waals surface area contributed by atoms with Crippen LogP contribution in [0, 0.1) is 0 Å². The number of hydrogen-bond acceptors (Lipinski definition) is 8. The molecule has 0 saturated carbocycles. The summed E-state index contributed by atoms with van der Waals surface area (Å²) in [7, 11) is 0. The third-order valence-corrected chi connectivity index (χ3v) is 10.4. The number of amides is 2. The second kappa shape index (κ2) is 15.5. The third-order valence-electron chi connectivity index (χ3n) is 9.16. The lowest BCUT2D eigenvalue weighted by molar-refractivity contribution is -0.157. The van der Waals surface area contributed by atoms with E-state index < -0.39 is 58.4 Å². The number of rotatable bonds is 11. The zero-order valence-corrected chi connectivity index (χ0v) is 29.4. The predicted octanol–water partition coefficient (Wildman–Crippen LogP) is 6.64. The van der Waals surface area contributed by atoms with Gasteiger partial charge in [-0.2, -0.15) is 0 Å². The lowest BCUT2D eigenvalue weighted by atomic mass is 9.95. The van der Waals surface area contributed by atoms with Gasteiger partial charge in [0.2, 0.25) is 11.0 Å². The SMILES string of the molecule is CC1=C(C(=O)OC(c2ccccc2)c2ccccc2)N2C(=O)C(NC(=O)C(C(=O)OC(c3ccccc3)c3ccccc3)c3ccccc3)[C@@H]2SC1=O. The molecule has 5 aromatic carbocycles. The highest BCUT2D eigenvalue weighted by Crippen LogP contribution is 2.42. The number of benzene rings is 5. The van der Waals surface area contributed by atoms with Crippen molar-refractivity contribution >= 4 is 40.6 Å². The third kappa shape index (κ3) is 7.27. The molecule has 53 heavy (non-hydrogen) atoms. The lowest BCUT2D eigenvalue weighted by Gasteiger charge is -2.49. The van der Waals surface area contributed by atoms with Crippen LogP contribution in [0.25, 0.3) is 0 Å². The quantitative estimate of drug-likeness (QED) is 0.0917. The molecule has 0 radical (unpaired) electrons. The van der Waals surface area contributed by atoms with Gasteiger partial charge in [0, 0.05) is 5.57 Å². The van der Waals surface area contributed by atoms with Gasteiger partial charge in [-0.3, -0.25) is 24.1 Å². The van der Waals surface area contributed by atoms with E-state index in [-0.39, 0.29) is 11.3 Å². The van der Waals surface area contributed by atoms with Crippen LogP contribution in [0.2, 0.25) is 0 Å². The van der Waals surface area contributed by atoms with E-state index in [2.05, 4.69) is 5.32 Å². The summed E-state index contributed by atoms with van der Waals surface area (Å²) >= 11 is 0.822. The predicted molar refractivity (Wildman–Crippen MR) is 199 cm³/mol. The summed E-state index contributed by atoms with van der Waals surface area (Å²) in [6.45, 7) is 1.47. The standard InChI is InChI=1S/C43H34N2O7S/c1-27-35(42(49)52-37(31-23-13-5-14-24-31)32-25-15-6-16-26-32)45-39(47)34(40(45)53-43(27)50)44-38(46)33(28-17-7-2-8-18-28)41(48)51-36(29-19-9-3-10-20-29)30-21-11-4-12-22-30/h2-26,33-34,36-37,40H,1H3,(H,44,46)/t33?,34?,40-/m0/s1. The number of esters is 2. The van der Waals surface area contributed by atoms with Crippen molar-refractivity contribution in [2.45, 2.75) is 36.5 Å². The highest BCUT2D eigenvalue weighted by molar-refractivity contribution is 8.14. The first-order valence-electron chi connectivity index (χ1n) is 17.0. The molecule has 9 nitrogen and oxygen atoms in total. The highest BCUT2D eigenvalue weighted by atomic mass is 32.2. The Kier molecular flexibility index (Phi) is 10.3. The first-order valence-corrected chi connectivity index (χ1v) is 17.9. The van der Waals surface area contributed by atoms with Crippen LogP contribution < -0.4 is 5.32 Å². The van der Waals surface area contributed by atoms with E-state index in [9.17, 15) is 24.0 Å². The van der Waals surface area contributed by atoms with Crippen molar-refractivity contribution < 1.29 is 33.4 Å². The van der Waals surface area contributed by atoms with Gasteiger partial charge < -0.3 is 14.8 Å². The van der Waals surface area contributed by atoms with Crippen molar-refractivity contribution in [1.29, 1.82) is 0 Å². The van der Waals surface area contributed by atoms with E-state index in [1.807, 2.05) is 121 Å². The van der Waals surface area contributed by atoms with Gasteiger partial charge in [0.25, 0.3) is 5.91 Å². The molecule has 0 aromatic heterocycles. The molecule has 0 bridgehead atoms. The maximum absolute atomic E-state index is 14.1. The number of carbonyl (C=O) groups is 5. The molecule has 0 aliphatic carbocycles. The van der Waals surface area contributed by atoms with E-state index in [1.165, 1.54) is 11.8 Å². The summed E-state index contributed by atoms with van der Waals surface area (Å²) in [5.41, 5.74) is 3.08. The van der Waals surface area contributed by atoms with E-state index >= 15 is 0 Å². The van der Waals surface area contributed by atoms with Gasteiger partial charge >= 0.3 is 11.9 Å². The fraction of sp³-hybridized carbons (Fsp3) is 0.140. The largest absolute Gasteiger partial charge is 0.452 e. The molecule has 2 amide bonds. The van der Waals surface area contributed by atoms with E-state index in [0.717, 1.165) is 11.8 Å². The Hall–Kier alpha value is -6.26. The smallest absolute Gasteiger partial charge is 0.356 e. The molecule has 1 fully saturated rings. The maximum atomic E-state index is 14.1. The Labute approximate surface area is 310 Å². The second-order valence-corrected chi connectivity index (χ2v) is 13.6. The topological polar surface area (TPSA) is 119 Å². The summed E-state index contributed by atoms with van der Waals surface area (Å²) in [5, 5.41) is 1.33. The number of nitrogens with one attached hydrogen (secondary N) is 1. The van der Waals surface area contributed by atoms with Gasteiger partial charge in [-0.15, -0.1) is 0 Å². The molecule has 5 aromatic rings.